The van der Waals surface area contributed by atoms with Crippen molar-refractivity contribution in [2.75, 3.05) is 12.4 Å². The van der Waals surface area contributed by atoms with Gasteiger partial charge < -0.3 is 4.74 Å². The quantitative estimate of drug-likeness (QED) is 0.614. The number of thioether (sulfide) groups is 1. The lowest BCUT2D eigenvalue weighted by atomic mass is 10.0. The second-order valence-corrected chi connectivity index (χ2v) is 5.96. The highest BCUT2D eigenvalue weighted by molar-refractivity contribution is 8.00. The van der Waals surface area contributed by atoms with E-state index in [1.807, 2.05) is 23.9 Å². The highest BCUT2D eigenvalue weighted by Gasteiger charge is 2.25. The first-order valence-corrected chi connectivity index (χ1v) is 7.70. The predicted molar refractivity (Wildman–Crippen MR) is 77.8 cm³/mol. The Balaban J connectivity index is 2.02. The fourth-order valence-corrected chi connectivity index (χ4v) is 3.67. The second kappa shape index (κ2) is 7.02. The zero-order valence-electron chi connectivity index (χ0n) is 10.9. The van der Waals surface area contributed by atoms with Crippen molar-refractivity contribution >= 4 is 11.8 Å². The lowest BCUT2D eigenvalue weighted by Gasteiger charge is -2.22. The molecular weight excluding hydrogens is 244 g/mol. The third-order valence-electron chi connectivity index (χ3n) is 3.23. The van der Waals surface area contributed by atoms with Gasteiger partial charge in [0.25, 0.3) is 0 Å². The summed E-state index contributed by atoms with van der Waals surface area (Å²) in [4.78, 5) is 0. The number of nitrogens with two attached hydrogens (primary N) is 1. The van der Waals surface area contributed by atoms with Gasteiger partial charge in [0.1, 0.15) is 5.75 Å². The number of hydrazine groups is 1. The molecule has 2 rings (SSSR count). The van der Waals surface area contributed by atoms with Crippen LogP contribution in [0.1, 0.15) is 37.8 Å². The monoisotopic (exact) mass is 266 g/mol. The summed E-state index contributed by atoms with van der Waals surface area (Å²) in [6, 6.07) is 8.56. The summed E-state index contributed by atoms with van der Waals surface area (Å²) in [5.74, 6) is 7.90. The van der Waals surface area contributed by atoms with E-state index in [-0.39, 0.29) is 6.04 Å². The predicted octanol–water partition coefficient (Wildman–Crippen LogP) is 2.88. The molecule has 4 heteroatoms. The Morgan fingerprint density at radius 1 is 1.44 bits per heavy atom. The third kappa shape index (κ3) is 3.40. The van der Waals surface area contributed by atoms with Gasteiger partial charge in [-0.3, -0.25) is 11.3 Å². The molecule has 0 spiro atoms. The van der Waals surface area contributed by atoms with Gasteiger partial charge in [-0.2, -0.15) is 11.8 Å². The number of ether oxygens (including phenoxy) is 1. The Morgan fingerprint density at radius 3 is 2.78 bits per heavy atom. The smallest absolute Gasteiger partial charge is 0.119 e. The Labute approximate surface area is 113 Å². The van der Waals surface area contributed by atoms with E-state index in [0.29, 0.717) is 5.25 Å². The molecule has 0 bridgehead atoms. The third-order valence-corrected chi connectivity index (χ3v) is 4.69. The zero-order valence-corrected chi connectivity index (χ0v) is 11.7. The van der Waals surface area contributed by atoms with Crippen LogP contribution in [-0.2, 0) is 0 Å². The number of rotatable bonds is 6. The van der Waals surface area contributed by atoms with Gasteiger partial charge in [-0.05, 0) is 42.7 Å². The minimum Gasteiger partial charge on any atom is -0.494 e. The van der Waals surface area contributed by atoms with Gasteiger partial charge in [0, 0.05) is 5.25 Å². The normalized spacial score (nSPS) is 20.9. The van der Waals surface area contributed by atoms with Gasteiger partial charge in [-0.25, -0.2) is 0 Å². The maximum atomic E-state index is 5.71. The summed E-state index contributed by atoms with van der Waals surface area (Å²) in [5.41, 5.74) is 4.21. The number of benzene rings is 1. The minimum atomic E-state index is 0.248. The summed E-state index contributed by atoms with van der Waals surface area (Å²) in [6.45, 7) is 2.89. The molecule has 0 aliphatic carbocycles. The van der Waals surface area contributed by atoms with E-state index in [0.717, 1.165) is 18.8 Å². The summed E-state index contributed by atoms with van der Waals surface area (Å²) in [7, 11) is 0. The van der Waals surface area contributed by atoms with Gasteiger partial charge in [0.05, 0.1) is 12.6 Å². The second-order valence-electron chi connectivity index (χ2n) is 4.61. The molecular formula is C14H22N2OS. The molecule has 0 aromatic heterocycles. The Hall–Kier alpha value is -0.710. The average Bonchev–Trinajstić information content (AvgIpc) is 2.93. The number of hydrogen-bond acceptors (Lipinski definition) is 4. The van der Waals surface area contributed by atoms with Crippen LogP contribution >= 0.6 is 11.8 Å². The van der Waals surface area contributed by atoms with E-state index in [2.05, 4.69) is 24.5 Å². The molecule has 2 unspecified atom stereocenters. The van der Waals surface area contributed by atoms with Crippen molar-refractivity contribution in [2.24, 2.45) is 5.84 Å². The van der Waals surface area contributed by atoms with Gasteiger partial charge in [0.15, 0.2) is 0 Å². The van der Waals surface area contributed by atoms with E-state index in [1.54, 1.807) is 0 Å². The first kappa shape index (κ1) is 13.7. The zero-order chi connectivity index (χ0) is 12.8. The molecule has 0 radical (unpaired) electrons. The van der Waals surface area contributed by atoms with Gasteiger partial charge in [-0.15, -0.1) is 0 Å². The van der Waals surface area contributed by atoms with Crippen LogP contribution in [0.25, 0.3) is 0 Å². The molecule has 1 fully saturated rings. The van der Waals surface area contributed by atoms with Crippen molar-refractivity contribution < 1.29 is 4.74 Å². The van der Waals surface area contributed by atoms with E-state index in [9.17, 15) is 0 Å². The molecule has 0 saturated carbocycles. The highest BCUT2D eigenvalue weighted by Crippen LogP contribution is 2.35. The van der Waals surface area contributed by atoms with Crippen LogP contribution in [-0.4, -0.2) is 17.6 Å². The van der Waals surface area contributed by atoms with Crippen molar-refractivity contribution in [3.63, 3.8) is 0 Å². The summed E-state index contributed by atoms with van der Waals surface area (Å²) in [6.07, 6.45) is 3.58. The minimum absolute atomic E-state index is 0.248. The van der Waals surface area contributed by atoms with Crippen LogP contribution < -0.4 is 16.0 Å². The van der Waals surface area contributed by atoms with Crippen molar-refractivity contribution in [1.82, 2.24) is 5.43 Å². The molecule has 1 heterocycles. The molecule has 0 amide bonds. The van der Waals surface area contributed by atoms with Crippen LogP contribution in [0.5, 0.6) is 5.75 Å². The van der Waals surface area contributed by atoms with E-state index >= 15 is 0 Å². The lowest BCUT2D eigenvalue weighted by molar-refractivity contribution is 0.317. The van der Waals surface area contributed by atoms with Crippen LogP contribution in [0.3, 0.4) is 0 Å². The van der Waals surface area contributed by atoms with Crippen molar-refractivity contribution in [1.29, 1.82) is 0 Å². The SMILES string of the molecule is CCCOc1ccc(C(NN)C2CCCS2)cc1. The summed E-state index contributed by atoms with van der Waals surface area (Å²) < 4.78 is 5.59. The standard InChI is InChI=1S/C14H22N2OS/c1-2-9-17-12-7-5-11(6-8-12)14(16-15)13-4-3-10-18-13/h5-8,13-14,16H,2-4,9-10,15H2,1H3. The van der Waals surface area contributed by atoms with Crippen molar-refractivity contribution in [3.8, 4) is 5.75 Å². The van der Waals surface area contributed by atoms with Gasteiger partial charge in [-0.1, -0.05) is 19.1 Å². The Bertz CT molecular complexity index is 349. The maximum Gasteiger partial charge on any atom is 0.119 e. The maximum absolute atomic E-state index is 5.71. The molecule has 1 saturated heterocycles. The highest BCUT2D eigenvalue weighted by atomic mass is 32.2. The van der Waals surface area contributed by atoms with Crippen molar-refractivity contribution in [2.45, 2.75) is 37.5 Å². The number of nitrogens with one attached hydrogen (secondary N) is 1. The van der Waals surface area contributed by atoms with Crippen LogP contribution in [0.2, 0.25) is 0 Å². The molecule has 3 nitrogen and oxygen atoms in total. The first-order valence-electron chi connectivity index (χ1n) is 6.65. The molecule has 1 aromatic rings. The Kier molecular flexibility index (Phi) is 5.35. The fraction of sp³-hybridized carbons (Fsp3) is 0.571. The van der Waals surface area contributed by atoms with E-state index in [1.165, 1.54) is 24.2 Å². The van der Waals surface area contributed by atoms with E-state index in [4.69, 9.17) is 10.6 Å². The summed E-state index contributed by atoms with van der Waals surface area (Å²) in [5, 5.41) is 0.595. The molecule has 1 aliphatic rings. The Morgan fingerprint density at radius 2 is 2.22 bits per heavy atom. The molecule has 1 aliphatic heterocycles. The van der Waals surface area contributed by atoms with Crippen LogP contribution in [0.15, 0.2) is 24.3 Å². The molecule has 2 atom stereocenters. The van der Waals surface area contributed by atoms with Crippen LogP contribution in [0, 0.1) is 0 Å². The molecule has 100 valence electrons. The molecule has 1 aromatic carbocycles. The fourth-order valence-electron chi connectivity index (χ4n) is 2.27. The van der Waals surface area contributed by atoms with Crippen LogP contribution in [0.4, 0.5) is 0 Å². The summed E-state index contributed by atoms with van der Waals surface area (Å²) >= 11 is 2.01. The topological polar surface area (TPSA) is 47.3 Å². The molecule has 18 heavy (non-hydrogen) atoms. The van der Waals surface area contributed by atoms with Gasteiger partial charge >= 0.3 is 0 Å². The largest absolute Gasteiger partial charge is 0.494 e. The van der Waals surface area contributed by atoms with E-state index < -0.39 is 0 Å². The van der Waals surface area contributed by atoms with Gasteiger partial charge in [0.2, 0.25) is 0 Å². The van der Waals surface area contributed by atoms with Crippen molar-refractivity contribution in [3.05, 3.63) is 29.8 Å². The first-order chi connectivity index (χ1) is 8.85. The molecule has 3 N–H and O–H groups in total. The average molecular weight is 266 g/mol. The number of hydrogen-bond donors (Lipinski definition) is 2. The lowest BCUT2D eigenvalue weighted by Crippen LogP contribution is -2.34.